The number of rotatable bonds is 12. The minimum atomic E-state index is -0.967. The molecule has 0 aromatic rings. The SMILES string of the molecule is CCCCCC(CC(=O)O)OC(=O)CC(O)CCCC. The van der Waals surface area contributed by atoms with Crippen molar-refractivity contribution >= 4 is 11.9 Å². The number of aliphatic hydroxyl groups is 1. The Kier molecular flexibility index (Phi) is 11.1. The minimum absolute atomic E-state index is 0.0517. The maximum absolute atomic E-state index is 11.7. The number of esters is 1. The van der Waals surface area contributed by atoms with Crippen LogP contribution in [0, 0.1) is 0 Å². The second-order valence-electron chi connectivity index (χ2n) is 5.21. The van der Waals surface area contributed by atoms with Crippen LogP contribution >= 0.6 is 0 Å². The molecule has 0 saturated carbocycles. The molecular weight excluding hydrogens is 260 g/mol. The van der Waals surface area contributed by atoms with Crippen LogP contribution < -0.4 is 0 Å². The molecule has 0 aromatic carbocycles. The Hall–Kier alpha value is -1.10. The van der Waals surface area contributed by atoms with Crippen LogP contribution in [0.4, 0.5) is 0 Å². The zero-order chi connectivity index (χ0) is 15.4. The summed E-state index contributed by atoms with van der Waals surface area (Å²) in [6.07, 6.45) is 4.35. The highest BCUT2D eigenvalue weighted by Crippen LogP contribution is 2.13. The Labute approximate surface area is 121 Å². The molecule has 0 aromatic heterocycles. The second-order valence-corrected chi connectivity index (χ2v) is 5.21. The van der Waals surface area contributed by atoms with Crippen LogP contribution in [-0.4, -0.2) is 34.4 Å². The van der Waals surface area contributed by atoms with Gasteiger partial charge in [-0.2, -0.15) is 0 Å². The predicted molar refractivity (Wildman–Crippen MR) is 76.4 cm³/mol. The summed E-state index contributed by atoms with van der Waals surface area (Å²) in [5, 5.41) is 18.5. The first-order chi connectivity index (χ1) is 9.49. The molecule has 0 bridgehead atoms. The number of carbonyl (C=O) groups is 2. The molecule has 2 unspecified atom stereocenters. The number of carboxylic acid groups (broad SMARTS) is 1. The first-order valence-corrected chi connectivity index (χ1v) is 7.58. The lowest BCUT2D eigenvalue weighted by molar-refractivity contribution is -0.155. The summed E-state index contributed by atoms with van der Waals surface area (Å²) in [5.41, 5.74) is 0. The molecule has 0 fully saturated rings. The van der Waals surface area contributed by atoms with Crippen molar-refractivity contribution in [1.29, 1.82) is 0 Å². The van der Waals surface area contributed by atoms with Crippen molar-refractivity contribution in [3.8, 4) is 0 Å². The fourth-order valence-electron chi connectivity index (χ4n) is 1.99. The average molecular weight is 288 g/mol. The van der Waals surface area contributed by atoms with E-state index in [-0.39, 0.29) is 12.8 Å². The van der Waals surface area contributed by atoms with Gasteiger partial charge in [0.1, 0.15) is 6.10 Å². The first-order valence-electron chi connectivity index (χ1n) is 7.58. The van der Waals surface area contributed by atoms with Gasteiger partial charge in [-0.15, -0.1) is 0 Å². The van der Waals surface area contributed by atoms with Crippen LogP contribution in [0.2, 0.25) is 0 Å². The molecular formula is C15H28O5. The Balaban J connectivity index is 4.12. The second kappa shape index (κ2) is 11.7. The van der Waals surface area contributed by atoms with Crippen molar-refractivity contribution in [2.45, 2.75) is 83.8 Å². The Bertz CT molecular complexity index is 277. The molecule has 0 aliphatic carbocycles. The fourth-order valence-corrected chi connectivity index (χ4v) is 1.99. The van der Waals surface area contributed by atoms with E-state index in [9.17, 15) is 14.7 Å². The van der Waals surface area contributed by atoms with Crippen molar-refractivity contribution < 1.29 is 24.5 Å². The molecule has 5 nitrogen and oxygen atoms in total. The van der Waals surface area contributed by atoms with Gasteiger partial charge in [-0.05, 0) is 19.3 Å². The largest absolute Gasteiger partial charge is 0.481 e. The molecule has 0 spiro atoms. The number of hydrogen-bond donors (Lipinski definition) is 2. The molecule has 2 atom stereocenters. The van der Waals surface area contributed by atoms with Crippen molar-refractivity contribution in [2.75, 3.05) is 0 Å². The predicted octanol–water partition coefficient (Wildman–Crippen LogP) is 2.89. The van der Waals surface area contributed by atoms with Gasteiger partial charge >= 0.3 is 11.9 Å². The van der Waals surface area contributed by atoms with E-state index in [1.165, 1.54) is 0 Å². The summed E-state index contributed by atoms with van der Waals surface area (Å²) in [6, 6.07) is 0. The highest BCUT2D eigenvalue weighted by atomic mass is 16.5. The maximum atomic E-state index is 11.7. The summed E-state index contributed by atoms with van der Waals surface area (Å²) < 4.78 is 5.18. The molecule has 0 aliphatic heterocycles. The summed E-state index contributed by atoms with van der Waals surface area (Å²) in [7, 11) is 0. The number of hydrogen-bond acceptors (Lipinski definition) is 4. The quantitative estimate of drug-likeness (QED) is 0.426. The number of aliphatic carboxylic acids is 1. The molecule has 2 N–H and O–H groups in total. The van der Waals surface area contributed by atoms with Gasteiger partial charge in [-0.1, -0.05) is 39.5 Å². The van der Waals surface area contributed by atoms with Crippen LogP contribution in [0.1, 0.15) is 71.6 Å². The number of unbranched alkanes of at least 4 members (excludes halogenated alkanes) is 3. The number of aliphatic hydroxyl groups excluding tert-OH is 1. The van der Waals surface area contributed by atoms with Gasteiger partial charge < -0.3 is 14.9 Å². The van der Waals surface area contributed by atoms with Crippen molar-refractivity contribution in [3.63, 3.8) is 0 Å². The van der Waals surface area contributed by atoms with Crippen LogP contribution in [-0.2, 0) is 14.3 Å². The van der Waals surface area contributed by atoms with E-state index in [4.69, 9.17) is 9.84 Å². The van der Waals surface area contributed by atoms with E-state index >= 15 is 0 Å². The van der Waals surface area contributed by atoms with Crippen LogP contribution in [0.3, 0.4) is 0 Å². The first kappa shape index (κ1) is 18.9. The van der Waals surface area contributed by atoms with Gasteiger partial charge in [0.15, 0.2) is 0 Å². The van der Waals surface area contributed by atoms with Gasteiger partial charge in [0.25, 0.3) is 0 Å². The molecule has 0 radical (unpaired) electrons. The van der Waals surface area contributed by atoms with Crippen molar-refractivity contribution in [2.24, 2.45) is 0 Å². The molecule has 118 valence electrons. The van der Waals surface area contributed by atoms with Crippen LogP contribution in [0.15, 0.2) is 0 Å². The van der Waals surface area contributed by atoms with E-state index in [0.29, 0.717) is 12.8 Å². The third kappa shape index (κ3) is 10.8. The summed E-state index contributed by atoms with van der Waals surface area (Å²) in [6.45, 7) is 4.07. The van der Waals surface area contributed by atoms with Gasteiger partial charge in [0.2, 0.25) is 0 Å². The molecule has 0 heterocycles. The Morgan fingerprint density at radius 3 is 2.20 bits per heavy atom. The highest BCUT2D eigenvalue weighted by molar-refractivity contribution is 5.71. The third-order valence-electron chi connectivity index (χ3n) is 3.12. The smallest absolute Gasteiger partial charge is 0.308 e. The van der Waals surface area contributed by atoms with E-state index in [0.717, 1.165) is 32.1 Å². The van der Waals surface area contributed by atoms with Crippen LogP contribution in [0.5, 0.6) is 0 Å². The lowest BCUT2D eigenvalue weighted by atomic mass is 10.1. The van der Waals surface area contributed by atoms with Gasteiger partial charge in [0.05, 0.1) is 18.9 Å². The molecule has 5 heteroatoms. The lowest BCUT2D eigenvalue weighted by Crippen LogP contribution is -2.24. The highest BCUT2D eigenvalue weighted by Gasteiger charge is 2.19. The van der Waals surface area contributed by atoms with Gasteiger partial charge in [-0.3, -0.25) is 9.59 Å². The minimum Gasteiger partial charge on any atom is -0.481 e. The van der Waals surface area contributed by atoms with Crippen molar-refractivity contribution in [1.82, 2.24) is 0 Å². The third-order valence-corrected chi connectivity index (χ3v) is 3.12. The van der Waals surface area contributed by atoms with E-state index in [1.54, 1.807) is 0 Å². The molecule has 20 heavy (non-hydrogen) atoms. The fraction of sp³-hybridized carbons (Fsp3) is 0.867. The summed E-state index contributed by atoms with van der Waals surface area (Å²) in [4.78, 5) is 22.4. The summed E-state index contributed by atoms with van der Waals surface area (Å²) in [5.74, 6) is -1.47. The van der Waals surface area contributed by atoms with E-state index in [2.05, 4.69) is 6.92 Å². The normalized spacial score (nSPS) is 13.8. The van der Waals surface area contributed by atoms with E-state index in [1.807, 2.05) is 6.92 Å². The zero-order valence-corrected chi connectivity index (χ0v) is 12.6. The van der Waals surface area contributed by atoms with Gasteiger partial charge in [0, 0.05) is 0 Å². The topological polar surface area (TPSA) is 83.8 Å². The Morgan fingerprint density at radius 2 is 1.65 bits per heavy atom. The Morgan fingerprint density at radius 1 is 1.00 bits per heavy atom. The lowest BCUT2D eigenvalue weighted by Gasteiger charge is -2.17. The zero-order valence-electron chi connectivity index (χ0n) is 12.6. The van der Waals surface area contributed by atoms with Gasteiger partial charge in [-0.25, -0.2) is 0 Å². The number of carbonyl (C=O) groups excluding carboxylic acids is 1. The standard InChI is InChI=1S/C15H28O5/c1-3-5-7-9-13(11-14(17)18)20-15(19)10-12(16)8-6-4-2/h12-13,16H,3-11H2,1-2H3,(H,17,18). The van der Waals surface area contributed by atoms with Crippen molar-refractivity contribution in [3.05, 3.63) is 0 Å². The molecule has 0 amide bonds. The monoisotopic (exact) mass is 288 g/mol. The number of carboxylic acids is 1. The number of ether oxygens (including phenoxy) is 1. The van der Waals surface area contributed by atoms with E-state index < -0.39 is 24.1 Å². The molecule has 0 aliphatic rings. The summed E-state index contributed by atoms with van der Waals surface area (Å²) >= 11 is 0. The maximum Gasteiger partial charge on any atom is 0.308 e. The molecule has 0 saturated heterocycles. The molecule has 0 rings (SSSR count). The van der Waals surface area contributed by atoms with Crippen LogP contribution in [0.25, 0.3) is 0 Å². The average Bonchev–Trinajstić information content (AvgIpc) is 2.35.